The Morgan fingerprint density at radius 1 is 1.22 bits per heavy atom. The van der Waals surface area contributed by atoms with Gasteiger partial charge in [-0.3, -0.25) is 4.98 Å². The first-order chi connectivity index (χ1) is 17.9. The van der Waals surface area contributed by atoms with Gasteiger partial charge in [-0.2, -0.15) is 9.65 Å². The molecule has 3 heterocycles. The number of ether oxygens (including phenoxy) is 2. The fourth-order valence-electron chi connectivity index (χ4n) is 5.42. The zero-order valence-corrected chi connectivity index (χ0v) is 22.5. The molecule has 2 fully saturated rings. The number of hydrogen-bond acceptors (Lipinski definition) is 7. The topological polar surface area (TPSA) is 92.1 Å². The zero-order chi connectivity index (χ0) is 26.3. The van der Waals surface area contributed by atoms with Crippen molar-refractivity contribution in [2.75, 3.05) is 38.8 Å². The van der Waals surface area contributed by atoms with Gasteiger partial charge in [0, 0.05) is 68.2 Å². The summed E-state index contributed by atoms with van der Waals surface area (Å²) in [5.74, 6) is -0.0259. The number of methoxy groups -OCH3 is 1. The lowest BCUT2D eigenvalue weighted by molar-refractivity contribution is 0.0456. The van der Waals surface area contributed by atoms with Gasteiger partial charge in [-0.05, 0) is 69.9 Å². The van der Waals surface area contributed by atoms with Crippen LogP contribution in [0.4, 0.5) is 10.1 Å². The molecule has 9 heteroatoms. The van der Waals surface area contributed by atoms with E-state index < -0.39 is 11.4 Å². The lowest BCUT2D eigenvalue weighted by atomic mass is 9.81. The molecule has 4 rings (SSSR count). The molecule has 2 aromatic rings. The van der Waals surface area contributed by atoms with E-state index in [9.17, 15) is 9.65 Å². The number of halogens is 2. The van der Waals surface area contributed by atoms with Crippen LogP contribution in [0.2, 0.25) is 5.02 Å². The van der Waals surface area contributed by atoms with Gasteiger partial charge in [0.15, 0.2) is 0 Å². The van der Waals surface area contributed by atoms with Gasteiger partial charge in [-0.15, -0.1) is 0 Å². The third-order valence-corrected chi connectivity index (χ3v) is 7.95. The number of nitriles is 1. The van der Waals surface area contributed by atoms with E-state index in [2.05, 4.69) is 33.6 Å². The van der Waals surface area contributed by atoms with E-state index in [0.717, 1.165) is 55.5 Å². The highest BCUT2D eigenvalue weighted by Crippen LogP contribution is 2.34. The maximum Gasteiger partial charge on any atom is 0.236 e. The van der Waals surface area contributed by atoms with Gasteiger partial charge >= 0.3 is 0 Å². The van der Waals surface area contributed by atoms with E-state index in [4.69, 9.17) is 21.1 Å². The van der Waals surface area contributed by atoms with Gasteiger partial charge in [0.2, 0.25) is 5.95 Å². The van der Waals surface area contributed by atoms with Crippen molar-refractivity contribution in [3.05, 3.63) is 41.2 Å². The molecular weight excluding hydrogens is 493 g/mol. The Kier molecular flexibility index (Phi) is 9.71. The summed E-state index contributed by atoms with van der Waals surface area (Å²) < 4.78 is 25.2. The Hall–Kier alpha value is -2.31. The van der Waals surface area contributed by atoms with Crippen molar-refractivity contribution in [2.45, 2.75) is 64.0 Å². The zero-order valence-electron chi connectivity index (χ0n) is 21.7. The van der Waals surface area contributed by atoms with Crippen LogP contribution in [-0.4, -0.2) is 55.5 Å². The van der Waals surface area contributed by atoms with Crippen LogP contribution >= 0.6 is 11.6 Å². The molecule has 1 atom stereocenters. The largest absolute Gasteiger partial charge is 0.383 e. The van der Waals surface area contributed by atoms with Crippen LogP contribution < -0.4 is 10.6 Å². The number of anilines is 1. The molecule has 0 spiro atoms. The average Bonchev–Trinajstić information content (AvgIpc) is 2.91. The number of rotatable bonds is 10. The normalized spacial score (nSPS) is 22.2. The van der Waals surface area contributed by atoms with Crippen molar-refractivity contribution in [1.29, 1.82) is 5.26 Å². The minimum atomic E-state index is -0.598. The predicted molar refractivity (Wildman–Crippen MR) is 143 cm³/mol. The number of pyridine rings is 2. The molecule has 0 amide bonds. The van der Waals surface area contributed by atoms with E-state index in [1.165, 1.54) is 6.20 Å². The summed E-state index contributed by atoms with van der Waals surface area (Å²) in [6, 6.07) is 7.02. The molecule has 0 radical (unpaired) electrons. The van der Waals surface area contributed by atoms with Crippen molar-refractivity contribution in [3.63, 3.8) is 0 Å². The Morgan fingerprint density at radius 2 is 1.97 bits per heavy atom. The highest BCUT2D eigenvalue weighted by atomic mass is 35.5. The van der Waals surface area contributed by atoms with Gasteiger partial charge in [0.05, 0.1) is 28.8 Å². The molecule has 1 aliphatic heterocycles. The van der Waals surface area contributed by atoms with Crippen molar-refractivity contribution in [2.24, 2.45) is 11.3 Å². The van der Waals surface area contributed by atoms with E-state index in [1.54, 1.807) is 19.4 Å². The van der Waals surface area contributed by atoms with E-state index in [0.29, 0.717) is 55.6 Å². The van der Waals surface area contributed by atoms with E-state index >= 15 is 0 Å². The molecule has 1 saturated carbocycles. The summed E-state index contributed by atoms with van der Waals surface area (Å²) in [5, 5.41) is 17.0. The van der Waals surface area contributed by atoms with E-state index in [-0.39, 0.29) is 5.69 Å². The number of hydrogen-bond donors (Lipinski definition) is 2. The maximum atomic E-state index is 14.6. The van der Waals surface area contributed by atoms with Gasteiger partial charge < -0.3 is 20.1 Å². The predicted octanol–water partition coefficient (Wildman–Crippen LogP) is 5.39. The third-order valence-electron chi connectivity index (χ3n) is 7.65. The SMILES string of the molecule is COC[C@H](C)NC1CCC(Cc2cc(-c3cnc(F)c(NCC4(C#N)CCOCC4)c3)c(Cl)cn2)CC1. The van der Waals surface area contributed by atoms with Crippen molar-refractivity contribution in [3.8, 4) is 17.2 Å². The summed E-state index contributed by atoms with van der Waals surface area (Å²) >= 11 is 6.52. The quantitative estimate of drug-likeness (QED) is 0.398. The summed E-state index contributed by atoms with van der Waals surface area (Å²) in [6.45, 7) is 4.30. The van der Waals surface area contributed by atoms with Crippen LogP contribution in [-0.2, 0) is 15.9 Å². The summed E-state index contributed by atoms with van der Waals surface area (Å²) in [4.78, 5) is 8.55. The minimum Gasteiger partial charge on any atom is -0.383 e. The fraction of sp³-hybridized carbons (Fsp3) is 0.607. The third kappa shape index (κ3) is 7.38. The number of aromatic nitrogens is 2. The van der Waals surface area contributed by atoms with Crippen LogP contribution in [0.15, 0.2) is 24.5 Å². The molecule has 1 aliphatic carbocycles. The van der Waals surface area contributed by atoms with E-state index in [1.807, 2.05) is 6.07 Å². The smallest absolute Gasteiger partial charge is 0.236 e. The second-order valence-corrected chi connectivity index (χ2v) is 10.9. The Labute approximate surface area is 224 Å². The van der Waals surface area contributed by atoms with Crippen molar-refractivity contribution < 1.29 is 13.9 Å². The second kappa shape index (κ2) is 13.0. The molecule has 2 N–H and O–H groups in total. The minimum absolute atomic E-state index is 0.265. The fourth-order valence-corrected chi connectivity index (χ4v) is 5.63. The van der Waals surface area contributed by atoms with Gasteiger partial charge in [0.1, 0.15) is 0 Å². The first-order valence-corrected chi connectivity index (χ1v) is 13.6. The van der Waals surface area contributed by atoms with Gasteiger partial charge in [-0.25, -0.2) is 4.98 Å². The summed E-state index contributed by atoms with van der Waals surface area (Å²) in [5.41, 5.74) is 2.18. The molecule has 1 saturated heterocycles. The first-order valence-electron chi connectivity index (χ1n) is 13.2. The Bertz CT molecular complexity index is 1080. The lowest BCUT2D eigenvalue weighted by Gasteiger charge is -2.31. The summed E-state index contributed by atoms with van der Waals surface area (Å²) in [6.07, 6.45) is 9.89. The maximum absolute atomic E-state index is 14.6. The molecule has 2 aromatic heterocycles. The van der Waals surface area contributed by atoms with Crippen molar-refractivity contribution in [1.82, 2.24) is 15.3 Å². The molecule has 7 nitrogen and oxygen atoms in total. The van der Waals surface area contributed by atoms with Crippen LogP contribution in [0.1, 0.15) is 51.1 Å². The summed E-state index contributed by atoms with van der Waals surface area (Å²) in [7, 11) is 1.74. The Morgan fingerprint density at radius 3 is 2.68 bits per heavy atom. The Balaban J connectivity index is 1.41. The van der Waals surface area contributed by atoms with Gasteiger partial charge in [0.25, 0.3) is 0 Å². The standard InChI is InChI=1S/C28H37ClFN5O2/c1-19(16-36-2)35-22-5-3-20(4-6-22)11-23-13-24(25(29)15-32-23)21-12-26(27(30)33-14-21)34-18-28(17-31)7-9-37-10-8-28/h12-15,19-20,22,34-35H,3-11,16,18H2,1-2H3/t19-,20?,22?/m0/s1. The molecule has 0 bridgehead atoms. The lowest BCUT2D eigenvalue weighted by Crippen LogP contribution is -2.41. The molecule has 200 valence electrons. The van der Waals surface area contributed by atoms with Crippen LogP contribution in [0.5, 0.6) is 0 Å². The van der Waals surface area contributed by atoms with Crippen LogP contribution in [0, 0.1) is 28.6 Å². The highest BCUT2D eigenvalue weighted by molar-refractivity contribution is 6.33. The molecule has 0 aromatic carbocycles. The average molecular weight is 530 g/mol. The van der Waals surface area contributed by atoms with Crippen LogP contribution in [0.3, 0.4) is 0 Å². The highest BCUT2D eigenvalue weighted by Gasteiger charge is 2.33. The first kappa shape index (κ1) is 27.7. The van der Waals surface area contributed by atoms with Crippen molar-refractivity contribution >= 4 is 17.3 Å². The molecule has 2 aliphatic rings. The second-order valence-electron chi connectivity index (χ2n) is 10.5. The molecule has 0 unspecified atom stereocenters. The van der Waals surface area contributed by atoms with Gasteiger partial charge in [-0.1, -0.05) is 11.6 Å². The number of nitrogens with zero attached hydrogens (tertiary/aromatic N) is 3. The molecule has 37 heavy (non-hydrogen) atoms. The number of nitrogens with one attached hydrogen (secondary N) is 2. The van der Waals surface area contributed by atoms with Crippen LogP contribution in [0.25, 0.3) is 11.1 Å². The monoisotopic (exact) mass is 529 g/mol. The molecular formula is C28H37ClFN5O2.